The van der Waals surface area contributed by atoms with Crippen LogP contribution < -0.4 is 5.73 Å². The van der Waals surface area contributed by atoms with E-state index in [1.165, 1.54) is 6.07 Å². The van der Waals surface area contributed by atoms with E-state index in [-0.39, 0.29) is 17.1 Å². The van der Waals surface area contributed by atoms with Gasteiger partial charge in [-0.25, -0.2) is 4.39 Å². The summed E-state index contributed by atoms with van der Waals surface area (Å²) >= 11 is 5.58. The Morgan fingerprint density at radius 1 is 1.36 bits per heavy atom. The van der Waals surface area contributed by atoms with E-state index in [2.05, 4.69) is 0 Å². The Morgan fingerprint density at radius 2 is 2.00 bits per heavy atom. The smallest absolute Gasteiger partial charge is 0.125 e. The zero-order valence-electron chi connectivity index (χ0n) is 7.32. The first-order chi connectivity index (χ1) is 6.54. The van der Waals surface area contributed by atoms with Crippen molar-refractivity contribution in [3.8, 4) is 0 Å². The molecule has 0 amide bonds. The molecule has 1 aromatic rings. The van der Waals surface area contributed by atoms with Crippen molar-refractivity contribution in [3.63, 3.8) is 0 Å². The molecule has 0 spiro atoms. The summed E-state index contributed by atoms with van der Waals surface area (Å²) in [6.45, 7) is -0.102. The van der Waals surface area contributed by atoms with Gasteiger partial charge in [0.2, 0.25) is 0 Å². The molecule has 0 radical (unpaired) electrons. The summed E-state index contributed by atoms with van der Waals surface area (Å²) in [7, 11) is 0. The lowest BCUT2D eigenvalue weighted by atomic mass is 10.0. The highest BCUT2D eigenvalue weighted by molar-refractivity contribution is 6.30. The lowest BCUT2D eigenvalue weighted by molar-refractivity contribution is 0.0242. The van der Waals surface area contributed by atoms with Crippen LogP contribution in [0.3, 0.4) is 0 Å². The lowest BCUT2D eigenvalue weighted by Gasteiger charge is -2.16. The Bertz CT molecular complexity index is 301. The number of benzene rings is 1. The third-order valence-electron chi connectivity index (χ3n) is 1.83. The van der Waals surface area contributed by atoms with E-state index in [1.54, 1.807) is 0 Å². The second kappa shape index (κ2) is 4.70. The fourth-order valence-corrected chi connectivity index (χ4v) is 1.33. The monoisotopic (exact) mass is 219 g/mol. The van der Waals surface area contributed by atoms with E-state index >= 15 is 0 Å². The van der Waals surface area contributed by atoms with Crippen LogP contribution in [0.2, 0.25) is 5.02 Å². The maximum absolute atomic E-state index is 12.8. The maximum atomic E-state index is 12.8. The van der Waals surface area contributed by atoms with E-state index in [9.17, 15) is 14.6 Å². The summed E-state index contributed by atoms with van der Waals surface area (Å²) in [5.41, 5.74) is 5.37. The normalized spacial score (nSPS) is 15.2. The summed E-state index contributed by atoms with van der Waals surface area (Å²) < 4.78 is 12.8. The van der Waals surface area contributed by atoms with Crippen molar-refractivity contribution in [1.82, 2.24) is 0 Å². The van der Waals surface area contributed by atoms with Gasteiger partial charge in [-0.15, -0.1) is 0 Å². The second-order valence-electron chi connectivity index (χ2n) is 2.95. The minimum absolute atomic E-state index is 0.102. The average molecular weight is 220 g/mol. The molecule has 0 saturated carbocycles. The predicted octanol–water partition coefficient (Wildman–Crippen LogP) is 0.832. The maximum Gasteiger partial charge on any atom is 0.125 e. The molecule has 0 aromatic heterocycles. The molecule has 14 heavy (non-hydrogen) atoms. The molecule has 2 atom stereocenters. The van der Waals surface area contributed by atoms with Crippen molar-refractivity contribution in [2.24, 2.45) is 5.73 Å². The summed E-state index contributed by atoms with van der Waals surface area (Å²) in [5.74, 6) is -0.559. The first-order valence-electron chi connectivity index (χ1n) is 4.06. The molecule has 0 bridgehead atoms. The molecule has 2 unspecified atom stereocenters. The van der Waals surface area contributed by atoms with Crippen LogP contribution in [0.15, 0.2) is 18.2 Å². The molecule has 78 valence electrons. The Labute approximate surface area is 85.9 Å². The third kappa shape index (κ3) is 2.65. The minimum Gasteiger partial charge on any atom is -0.389 e. The highest BCUT2D eigenvalue weighted by atomic mass is 35.5. The second-order valence-corrected chi connectivity index (χ2v) is 3.39. The Balaban J connectivity index is 2.94. The molecule has 3 nitrogen and oxygen atoms in total. The zero-order chi connectivity index (χ0) is 10.7. The van der Waals surface area contributed by atoms with E-state index in [1.807, 2.05) is 0 Å². The summed E-state index contributed by atoms with van der Waals surface area (Å²) in [6, 6.07) is 3.61. The average Bonchev–Trinajstić information content (AvgIpc) is 2.14. The Morgan fingerprint density at radius 3 is 2.50 bits per heavy atom. The van der Waals surface area contributed by atoms with Crippen molar-refractivity contribution in [2.45, 2.75) is 12.2 Å². The van der Waals surface area contributed by atoms with E-state index < -0.39 is 18.0 Å². The highest BCUT2D eigenvalue weighted by Gasteiger charge is 2.17. The van der Waals surface area contributed by atoms with Crippen molar-refractivity contribution in [2.75, 3.05) is 6.54 Å². The van der Waals surface area contributed by atoms with Gasteiger partial charge in [0, 0.05) is 11.6 Å². The largest absolute Gasteiger partial charge is 0.389 e. The van der Waals surface area contributed by atoms with E-state index in [0.29, 0.717) is 0 Å². The van der Waals surface area contributed by atoms with E-state index in [4.69, 9.17) is 17.3 Å². The van der Waals surface area contributed by atoms with Gasteiger partial charge in [0.15, 0.2) is 0 Å². The van der Waals surface area contributed by atoms with Gasteiger partial charge in [-0.2, -0.15) is 0 Å². The number of aliphatic hydroxyl groups is 2. The van der Waals surface area contributed by atoms with Crippen LogP contribution in [0.5, 0.6) is 0 Å². The number of hydrogen-bond acceptors (Lipinski definition) is 3. The van der Waals surface area contributed by atoms with Gasteiger partial charge in [-0.1, -0.05) is 11.6 Å². The van der Waals surface area contributed by atoms with Crippen LogP contribution in [-0.2, 0) is 0 Å². The zero-order valence-corrected chi connectivity index (χ0v) is 8.08. The molecule has 5 heteroatoms. The highest BCUT2D eigenvalue weighted by Crippen LogP contribution is 2.21. The molecule has 0 saturated heterocycles. The molecule has 1 rings (SSSR count). The quantitative estimate of drug-likeness (QED) is 0.706. The number of aliphatic hydroxyl groups excluding tert-OH is 2. The molecule has 1 aromatic carbocycles. The van der Waals surface area contributed by atoms with Crippen LogP contribution in [0.1, 0.15) is 11.7 Å². The molecule has 0 aliphatic rings. The molecule has 0 aliphatic heterocycles. The van der Waals surface area contributed by atoms with Crippen molar-refractivity contribution in [1.29, 1.82) is 0 Å². The van der Waals surface area contributed by atoms with Crippen molar-refractivity contribution in [3.05, 3.63) is 34.6 Å². The van der Waals surface area contributed by atoms with Gasteiger partial charge in [0.25, 0.3) is 0 Å². The topological polar surface area (TPSA) is 66.5 Å². The molecular formula is C9H11ClFNO2. The van der Waals surface area contributed by atoms with Crippen LogP contribution in [0.25, 0.3) is 0 Å². The molecule has 4 N–H and O–H groups in total. The number of rotatable bonds is 3. The first kappa shape index (κ1) is 11.4. The SMILES string of the molecule is NCC(O)C(O)c1cc(F)cc(Cl)c1. The van der Waals surface area contributed by atoms with E-state index in [0.717, 1.165) is 12.1 Å². The van der Waals surface area contributed by atoms with Crippen molar-refractivity contribution >= 4 is 11.6 Å². The first-order valence-corrected chi connectivity index (χ1v) is 4.44. The van der Waals surface area contributed by atoms with Crippen LogP contribution in [0.4, 0.5) is 4.39 Å². The summed E-state index contributed by atoms with van der Waals surface area (Å²) in [6.07, 6.45) is -2.33. The lowest BCUT2D eigenvalue weighted by Crippen LogP contribution is -2.27. The fraction of sp³-hybridized carbons (Fsp3) is 0.333. The number of halogens is 2. The molecule has 0 aliphatic carbocycles. The predicted molar refractivity (Wildman–Crippen MR) is 51.4 cm³/mol. The Kier molecular flexibility index (Phi) is 3.83. The number of hydrogen-bond donors (Lipinski definition) is 3. The van der Waals surface area contributed by atoms with Crippen LogP contribution in [-0.4, -0.2) is 22.9 Å². The van der Waals surface area contributed by atoms with Gasteiger partial charge >= 0.3 is 0 Å². The van der Waals surface area contributed by atoms with Gasteiger partial charge < -0.3 is 15.9 Å². The van der Waals surface area contributed by atoms with Crippen molar-refractivity contribution < 1.29 is 14.6 Å². The summed E-state index contributed by atoms with van der Waals surface area (Å²) in [5, 5.41) is 18.9. The summed E-state index contributed by atoms with van der Waals surface area (Å²) in [4.78, 5) is 0. The number of nitrogens with two attached hydrogens (primary N) is 1. The van der Waals surface area contributed by atoms with Gasteiger partial charge in [-0.3, -0.25) is 0 Å². The Hall–Kier alpha value is -0.680. The molecule has 0 fully saturated rings. The fourth-order valence-electron chi connectivity index (χ4n) is 1.10. The van der Waals surface area contributed by atoms with Gasteiger partial charge in [-0.05, 0) is 23.8 Å². The third-order valence-corrected chi connectivity index (χ3v) is 2.05. The minimum atomic E-state index is -1.21. The molecular weight excluding hydrogens is 209 g/mol. The van der Waals surface area contributed by atoms with Gasteiger partial charge in [0.05, 0.1) is 6.10 Å². The van der Waals surface area contributed by atoms with Gasteiger partial charge in [0.1, 0.15) is 11.9 Å². The molecule has 0 heterocycles. The van der Waals surface area contributed by atoms with Crippen LogP contribution >= 0.6 is 11.6 Å². The van der Waals surface area contributed by atoms with Crippen LogP contribution in [0, 0.1) is 5.82 Å². The standard InChI is InChI=1S/C9H11ClFNO2/c10-6-1-5(2-7(11)3-6)9(14)8(13)4-12/h1-3,8-9,13-14H,4,12H2.